The lowest BCUT2D eigenvalue weighted by atomic mass is 9.91. The number of H-pyrrole nitrogens is 2. The van der Waals surface area contributed by atoms with E-state index < -0.39 is 28.8 Å². The number of aromatic nitrogens is 4. The summed E-state index contributed by atoms with van der Waals surface area (Å²) in [5, 5.41) is 3.39. The summed E-state index contributed by atoms with van der Waals surface area (Å²) in [6.45, 7) is 6.11. The molecule has 5 aromatic rings. The van der Waals surface area contributed by atoms with Crippen molar-refractivity contribution >= 4 is 28.2 Å². The molecule has 0 saturated heterocycles. The molecule has 4 aromatic heterocycles. The third-order valence-corrected chi connectivity index (χ3v) is 8.68. The van der Waals surface area contributed by atoms with Crippen LogP contribution >= 0.6 is 0 Å². The van der Waals surface area contributed by atoms with Gasteiger partial charge < -0.3 is 29.2 Å². The van der Waals surface area contributed by atoms with E-state index in [1.54, 1.807) is 17.6 Å². The van der Waals surface area contributed by atoms with Gasteiger partial charge in [0.15, 0.2) is 11.4 Å². The number of methoxy groups -OCH3 is 1. The molecule has 0 spiro atoms. The quantitative estimate of drug-likeness (QED) is 0.264. The summed E-state index contributed by atoms with van der Waals surface area (Å²) in [6.07, 6.45) is 2.70. The van der Waals surface area contributed by atoms with E-state index in [0.29, 0.717) is 59.4 Å². The Balaban J connectivity index is 1.51. The molecule has 1 amide bonds. The maximum atomic E-state index is 15.5. The van der Waals surface area contributed by atoms with Crippen LogP contribution in [0, 0.1) is 12.7 Å². The highest BCUT2D eigenvalue weighted by Crippen LogP contribution is 2.45. The second kappa shape index (κ2) is 9.66. The highest BCUT2D eigenvalue weighted by atomic mass is 19.1. The number of halogens is 1. The van der Waals surface area contributed by atoms with Crippen molar-refractivity contribution < 1.29 is 23.1 Å². The van der Waals surface area contributed by atoms with E-state index in [-0.39, 0.29) is 23.2 Å². The normalized spacial score (nSPS) is 19.3. The van der Waals surface area contributed by atoms with Gasteiger partial charge in [0.25, 0.3) is 5.56 Å². The molecule has 0 radical (unpaired) electrons. The number of benzene rings is 1. The number of hydrogen-bond donors (Lipinski definition) is 3. The number of hydrogen-bond acceptors (Lipinski definition) is 7. The zero-order valence-corrected chi connectivity index (χ0v) is 24.1. The number of pyridine rings is 2. The number of nitrogens with one attached hydrogen (secondary N) is 3. The number of amides is 1. The van der Waals surface area contributed by atoms with E-state index in [0.717, 1.165) is 16.7 Å². The molecule has 43 heavy (non-hydrogen) atoms. The molecule has 222 valence electrons. The van der Waals surface area contributed by atoms with Gasteiger partial charge in [0, 0.05) is 28.9 Å². The third kappa shape index (κ3) is 4.27. The smallest absolute Gasteiger partial charge is 0.420 e. The van der Waals surface area contributed by atoms with Gasteiger partial charge in [0.05, 0.1) is 36.6 Å². The first-order chi connectivity index (χ1) is 20.6. The SMILES string of the molecule is COC(=O)N[C@@H]1CC[C@@H](n2c(=O)oc3cnc4[nH]c(-c5cc(C)[nH]c(=O)c5F)c(-c5ccc6c(c5)COC6(C)C)c4c32)C1. The highest BCUT2D eigenvalue weighted by molar-refractivity contribution is 6.13. The van der Waals surface area contributed by atoms with Crippen LogP contribution in [0.25, 0.3) is 44.5 Å². The molecule has 0 bridgehead atoms. The molecule has 1 aliphatic heterocycles. The van der Waals surface area contributed by atoms with Gasteiger partial charge in [-0.05, 0) is 68.9 Å². The molecule has 2 aliphatic rings. The number of rotatable bonds is 4. The Kier molecular flexibility index (Phi) is 6.10. The largest absolute Gasteiger partial charge is 0.453 e. The molecule has 5 heterocycles. The van der Waals surface area contributed by atoms with E-state index in [9.17, 15) is 14.4 Å². The van der Waals surface area contributed by atoms with Crippen molar-refractivity contribution in [2.45, 2.75) is 64.3 Å². The summed E-state index contributed by atoms with van der Waals surface area (Å²) in [7, 11) is 1.31. The van der Waals surface area contributed by atoms with Gasteiger partial charge in [-0.15, -0.1) is 0 Å². The lowest BCUT2D eigenvalue weighted by Crippen LogP contribution is -2.33. The van der Waals surface area contributed by atoms with Crippen LogP contribution in [0.15, 0.2) is 44.5 Å². The van der Waals surface area contributed by atoms with E-state index in [1.165, 1.54) is 13.3 Å². The van der Waals surface area contributed by atoms with Crippen molar-refractivity contribution in [1.82, 2.24) is 24.8 Å². The van der Waals surface area contributed by atoms with Gasteiger partial charge in [-0.1, -0.05) is 12.1 Å². The predicted octanol–water partition coefficient (Wildman–Crippen LogP) is 5.16. The molecule has 1 aromatic carbocycles. The van der Waals surface area contributed by atoms with Gasteiger partial charge in [0.2, 0.25) is 0 Å². The molecule has 3 N–H and O–H groups in total. The fourth-order valence-electron chi connectivity index (χ4n) is 6.69. The molecule has 0 unspecified atom stereocenters. The summed E-state index contributed by atoms with van der Waals surface area (Å²) in [5.41, 5.74) is 4.20. The van der Waals surface area contributed by atoms with Crippen LogP contribution in [-0.4, -0.2) is 38.8 Å². The second-order valence-corrected chi connectivity index (χ2v) is 11.8. The molecule has 11 nitrogen and oxygen atoms in total. The average molecular weight is 588 g/mol. The zero-order chi connectivity index (χ0) is 30.2. The maximum absolute atomic E-state index is 15.5. The number of carbonyl (C=O) groups excluding carboxylic acids is 1. The summed E-state index contributed by atoms with van der Waals surface area (Å²) < 4.78 is 33.6. The number of ether oxygens (including phenoxy) is 2. The van der Waals surface area contributed by atoms with Crippen molar-refractivity contribution in [3.8, 4) is 22.4 Å². The van der Waals surface area contributed by atoms with Crippen LogP contribution < -0.4 is 16.6 Å². The Bertz CT molecular complexity index is 2070. The lowest BCUT2D eigenvalue weighted by Gasteiger charge is -2.18. The van der Waals surface area contributed by atoms with Crippen molar-refractivity contribution in [2.24, 2.45) is 0 Å². The minimum atomic E-state index is -0.933. The van der Waals surface area contributed by atoms with Gasteiger partial charge in [-0.25, -0.2) is 19.0 Å². The predicted molar refractivity (Wildman–Crippen MR) is 156 cm³/mol. The second-order valence-electron chi connectivity index (χ2n) is 11.8. The van der Waals surface area contributed by atoms with Crippen molar-refractivity contribution in [1.29, 1.82) is 0 Å². The summed E-state index contributed by atoms with van der Waals surface area (Å²) in [6, 6.07) is 7.05. The van der Waals surface area contributed by atoms with Gasteiger partial charge >= 0.3 is 11.8 Å². The number of fused-ring (bicyclic) bond motifs is 4. The molecular weight excluding hydrogens is 557 g/mol. The van der Waals surface area contributed by atoms with Crippen molar-refractivity contribution in [2.75, 3.05) is 7.11 Å². The standard InChI is InChI=1S/C31H30FN5O6/c1-14-9-19(24(32)28(38)34-14)25-22(15-5-8-20-16(10-15)13-42-31(20,2)3)23-26-21(12-33-27(23)36-25)43-30(40)37(26)18-7-6-17(11-18)35-29(39)41-4/h5,8-10,12,17-18H,6-7,11,13H2,1-4H3,(H,33,36)(H,34,38)(H,35,39)/t17-,18-/m1/s1. The number of alkyl carbamates (subject to hydrolysis) is 1. The van der Waals surface area contributed by atoms with E-state index >= 15 is 4.39 Å². The summed E-state index contributed by atoms with van der Waals surface area (Å²) in [4.78, 5) is 48.1. The van der Waals surface area contributed by atoms with Crippen LogP contribution in [0.5, 0.6) is 0 Å². The minimum absolute atomic E-state index is 0.0834. The van der Waals surface area contributed by atoms with Gasteiger partial charge in [-0.3, -0.25) is 9.36 Å². The number of carbonyl (C=O) groups is 1. The summed E-state index contributed by atoms with van der Waals surface area (Å²) >= 11 is 0. The first-order valence-corrected chi connectivity index (χ1v) is 14.1. The number of nitrogens with zero attached hydrogens (tertiary/aromatic N) is 2. The Labute approximate surface area is 244 Å². The third-order valence-electron chi connectivity index (χ3n) is 8.68. The van der Waals surface area contributed by atoms with Crippen LogP contribution in [0.2, 0.25) is 0 Å². The molecule has 2 atom stereocenters. The Morgan fingerprint density at radius 3 is 2.81 bits per heavy atom. The Morgan fingerprint density at radius 2 is 2.02 bits per heavy atom. The van der Waals surface area contributed by atoms with Crippen LogP contribution in [0.1, 0.15) is 56.0 Å². The van der Waals surface area contributed by atoms with E-state index in [1.807, 2.05) is 32.0 Å². The molecule has 12 heteroatoms. The monoisotopic (exact) mass is 587 g/mol. The first kappa shape index (κ1) is 27.1. The average Bonchev–Trinajstić information content (AvgIpc) is 3.73. The number of oxazole rings is 1. The first-order valence-electron chi connectivity index (χ1n) is 14.1. The Morgan fingerprint density at radius 1 is 1.21 bits per heavy atom. The molecule has 1 fully saturated rings. The number of aryl methyl sites for hydroxylation is 1. The van der Waals surface area contributed by atoms with E-state index in [2.05, 4.69) is 20.3 Å². The molecule has 1 saturated carbocycles. The van der Waals surface area contributed by atoms with Crippen molar-refractivity contribution in [3.63, 3.8) is 0 Å². The van der Waals surface area contributed by atoms with Crippen LogP contribution in [0.4, 0.5) is 9.18 Å². The Hall–Kier alpha value is -4.71. The van der Waals surface area contributed by atoms with Crippen molar-refractivity contribution in [3.05, 3.63) is 74.0 Å². The minimum Gasteiger partial charge on any atom is -0.453 e. The lowest BCUT2D eigenvalue weighted by molar-refractivity contribution is -0.00789. The summed E-state index contributed by atoms with van der Waals surface area (Å²) in [5.74, 6) is -1.48. The zero-order valence-electron chi connectivity index (χ0n) is 24.1. The molecular formula is C31H30FN5O6. The topological polar surface area (TPSA) is 144 Å². The van der Waals surface area contributed by atoms with Gasteiger partial charge in [-0.2, -0.15) is 0 Å². The molecule has 1 aliphatic carbocycles. The highest BCUT2D eigenvalue weighted by Gasteiger charge is 2.34. The maximum Gasteiger partial charge on any atom is 0.420 e. The van der Waals surface area contributed by atoms with E-state index in [4.69, 9.17) is 13.9 Å². The fourth-order valence-corrected chi connectivity index (χ4v) is 6.69. The van der Waals surface area contributed by atoms with Gasteiger partial charge in [0.1, 0.15) is 11.2 Å². The fraction of sp³-hybridized carbons (Fsp3) is 0.355. The van der Waals surface area contributed by atoms with Crippen LogP contribution in [0.3, 0.4) is 0 Å². The number of aromatic amines is 2. The molecule has 7 rings (SSSR count). The van der Waals surface area contributed by atoms with Crippen LogP contribution in [-0.2, 0) is 21.7 Å².